The summed E-state index contributed by atoms with van der Waals surface area (Å²) in [5.41, 5.74) is 0.0157. The Morgan fingerprint density at radius 3 is 2.36 bits per heavy atom. The van der Waals surface area contributed by atoms with Gasteiger partial charge in [-0.3, -0.25) is 20.2 Å². The molecule has 148 valence electrons. The van der Waals surface area contributed by atoms with Crippen LogP contribution in [0.3, 0.4) is 0 Å². The first-order valence-electron chi connectivity index (χ1n) is 8.44. The number of carbonyl (C=O) groups excluding carboxylic acids is 2. The highest BCUT2D eigenvalue weighted by Gasteiger charge is 2.20. The van der Waals surface area contributed by atoms with E-state index in [9.17, 15) is 19.7 Å². The van der Waals surface area contributed by atoms with Crippen LogP contribution in [-0.2, 0) is 11.3 Å². The average Bonchev–Trinajstić information content (AvgIpc) is 2.61. The van der Waals surface area contributed by atoms with E-state index in [0.29, 0.717) is 11.3 Å². The molecule has 2 aromatic rings. The Hall–Kier alpha value is -3.49. The highest BCUT2D eigenvalue weighted by molar-refractivity contribution is 5.95. The molecule has 0 unspecified atom stereocenters. The molecule has 1 amide bonds. The van der Waals surface area contributed by atoms with Crippen LogP contribution < -0.4 is 14.6 Å². The third kappa shape index (κ3) is 5.76. The van der Waals surface area contributed by atoms with Crippen molar-refractivity contribution in [2.75, 3.05) is 12.4 Å². The molecule has 0 saturated heterocycles. The number of ketones is 1. The first-order chi connectivity index (χ1) is 13.1. The van der Waals surface area contributed by atoms with E-state index >= 15 is 0 Å². The van der Waals surface area contributed by atoms with Crippen LogP contribution in [0, 0.1) is 10.1 Å². The minimum absolute atomic E-state index is 0.0215. The van der Waals surface area contributed by atoms with Crippen molar-refractivity contribution >= 4 is 23.3 Å². The van der Waals surface area contributed by atoms with Gasteiger partial charge in [0.05, 0.1) is 17.7 Å². The van der Waals surface area contributed by atoms with Crippen molar-refractivity contribution in [1.29, 1.82) is 0 Å². The molecule has 1 aromatic carbocycles. The van der Waals surface area contributed by atoms with E-state index in [1.165, 1.54) is 25.3 Å². The minimum atomic E-state index is -0.600. The molecule has 0 saturated carbocycles. The number of carbonyl (C=O) groups is 2. The molecule has 0 spiro atoms. The number of methoxy groups -OCH3 is 1. The molecule has 9 nitrogen and oxygen atoms in total. The lowest BCUT2D eigenvalue weighted by atomic mass is 10.1. The van der Waals surface area contributed by atoms with E-state index in [4.69, 9.17) is 9.47 Å². The third-order valence-electron chi connectivity index (χ3n) is 3.56. The van der Waals surface area contributed by atoms with Gasteiger partial charge in [0.1, 0.15) is 5.60 Å². The lowest BCUT2D eigenvalue weighted by Gasteiger charge is -2.19. The van der Waals surface area contributed by atoms with Gasteiger partial charge in [0, 0.05) is 23.8 Å². The molecule has 0 aliphatic carbocycles. The summed E-state index contributed by atoms with van der Waals surface area (Å²) in [6.45, 7) is 5.33. The van der Waals surface area contributed by atoms with Crippen molar-refractivity contribution in [2.45, 2.75) is 32.9 Å². The van der Waals surface area contributed by atoms with Crippen molar-refractivity contribution in [3.8, 4) is 5.75 Å². The fraction of sp³-hybridized carbons (Fsp3) is 0.316. The predicted octanol–water partition coefficient (Wildman–Crippen LogP) is 3.12. The maximum atomic E-state index is 12.4. The number of nitro groups is 1. The second-order valence-electron chi connectivity index (χ2n) is 6.95. The lowest BCUT2D eigenvalue weighted by molar-refractivity contribution is -0.683. The van der Waals surface area contributed by atoms with Crippen LogP contribution in [0.5, 0.6) is 5.75 Å². The van der Waals surface area contributed by atoms with E-state index in [0.717, 1.165) is 0 Å². The van der Waals surface area contributed by atoms with Gasteiger partial charge in [-0.15, -0.1) is 0 Å². The average molecular weight is 388 g/mol. The van der Waals surface area contributed by atoms with Gasteiger partial charge in [-0.1, -0.05) is 0 Å². The Balaban J connectivity index is 2.05. The predicted molar refractivity (Wildman–Crippen MR) is 100 cm³/mol. The van der Waals surface area contributed by atoms with Gasteiger partial charge in [0.15, 0.2) is 18.1 Å². The number of benzene rings is 1. The van der Waals surface area contributed by atoms with Gasteiger partial charge in [0.25, 0.3) is 0 Å². The number of anilines is 1. The number of nitro benzene ring substituents is 1. The molecule has 1 heterocycles. The third-order valence-corrected chi connectivity index (χ3v) is 3.56. The topological polar surface area (TPSA) is 112 Å². The summed E-state index contributed by atoms with van der Waals surface area (Å²) >= 11 is 0. The number of hydrogen-bond donors (Lipinski definition) is 1. The van der Waals surface area contributed by atoms with Crippen LogP contribution in [-0.4, -0.2) is 29.5 Å². The molecular formula is C19H22N3O6+. The molecule has 0 atom stereocenters. The first-order valence-corrected chi connectivity index (χ1v) is 8.44. The number of Topliss-reactive ketones (excluding diaryl/α,β-unsaturated/α-hetero) is 1. The van der Waals surface area contributed by atoms with Crippen molar-refractivity contribution in [3.05, 3.63) is 58.4 Å². The molecule has 0 aliphatic heterocycles. The zero-order valence-corrected chi connectivity index (χ0v) is 16.1. The second-order valence-corrected chi connectivity index (χ2v) is 6.95. The molecule has 0 fully saturated rings. The quantitative estimate of drug-likeness (QED) is 0.352. The summed E-state index contributed by atoms with van der Waals surface area (Å²) in [7, 11) is 1.31. The molecule has 0 bridgehead atoms. The van der Waals surface area contributed by atoms with Crippen LogP contribution in [0.4, 0.5) is 16.2 Å². The van der Waals surface area contributed by atoms with Gasteiger partial charge in [-0.25, -0.2) is 4.79 Å². The summed E-state index contributed by atoms with van der Waals surface area (Å²) in [5.74, 6) is -0.219. The summed E-state index contributed by atoms with van der Waals surface area (Å²) in [5, 5.41) is 13.5. The zero-order valence-electron chi connectivity index (χ0n) is 16.1. The standard InChI is InChI=1S/C19H21N3O6/c1-19(2,3)28-18(24)20-14-7-9-21(10-8-14)12-16(23)13-5-6-15(22(25)26)17(11-13)27-4/h5-11H,12H2,1-4H3/p+1. The van der Waals surface area contributed by atoms with Crippen LogP contribution in [0.15, 0.2) is 42.7 Å². The van der Waals surface area contributed by atoms with Gasteiger partial charge in [-0.2, -0.15) is 4.57 Å². The number of nitrogens with one attached hydrogen (secondary N) is 1. The molecule has 9 heteroatoms. The first kappa shape index (κ1) is 20.8. The summed E-state index contributed by atoms with van der Waals surface area (Å²) < 4.78 is 11.8. The summed E-state index contributed by atoms with van der Waals surface area (Å²) in [4.78, 5) is 34.6. The van der Waals surface area contributed by atoms with Crippen LogP contribution >= 0.6 is 0 Å². The van der Waals surface area contributed by atoms with Gasteiger partial charge in [0.2, 0.25) is 12.3 Å². The van der Waals surface area contributed by atoms with E-state index in [-0.39, 0.29) is 23.8 Å². The number of pyridine rings is 1. The monoisotopic (exact) mass is 388 g/mol. The summed E-state index contributed by atoms with van der Waals surface area (Å²) in [6.07, 6.45) is 2.69. The van der Waals surface area contributed by atoms with E-state index in [1.54, 1.807) is 49.9 Å². The number of ether oxygens (including phenoxy) is 2. The van der Waals surface area contributed by atoms with Crippen molar-refractivity contribution < 1.29 is 28.6 Å². The van der Waals surface area contributed by atoms with E-state index in [1.807, 2.05) is 0 Å². The van der Waals surface area contributed by atoms with Crippen molar-refractivity contribution in [1.82, 2.24) is 0 Å². The molecule has 2 rings (SSSR count). The SMILES string of the molecule is COc1cc(C(=O)C[n+]2ccc(NC(=O)OC(C)(C)C)cc2)ccc1[N+](=O)[O-]. The molecule has 0 aliphatic rings. The number of amides is 1. The van der Waals surface area contributed by atoms with Crippen molar-refractivity contribution in [3.63, 3.8) is 0 Å². The summed E-state index contributed by atoms with van der Waals surface area (Å²) in [6, 6.07) is 7.24. The number of nitrogens with zero attached hydrogens (tertiary/aromatic N) is 2. The minimum Gasteiger partial charge on any atom is -0.490 e. The molecular weight excluding hydrogens is 366 g/mol. The molecule has 1 N–H and O–H groups in total. The van der Waals surface area contributed by atoms with Crippen LogP contribution in [0.25, 0.3) is 0 Å². The Kier molecular flexibility index (Phi) is 6.29. The van der Waals surface area contributed by atoms with E-state index < -0.39 is 16.6 Å². The Morgan fingerprint density at radius 1 is 1.18 bits per heavy atom. The highest BCUT2D eigenvalue weighted by Crippen LogP contribution is 2.27. The second kappa shape index (κ2) is 8.47. The maximum Gasteiger partial charge on any atom is 0.412 e. The number of rotatable bonds is 6. The normalized spacial score (nSPS) is 10.9. The molecule has 1 aromatic heterocycles. The Bertz CT molecular complexity index is 888. The van der Waals surface area contributed by atoms with Gasteiger partial charge < -0.3 is 9.47 Å². The molecule has 28 heavy (non-hydrogen) atoms. The van der Waals surface area contributed by atoms with Crippen LogP contribution in [0.1, 0.15) is 31.1 Å². The van der Waals surface area contributed by atoms with Gasteiger partial charge in [-0.05, 0) is 32.9 Å². The zero-order chi connectivity index (χ0) is 20.9. The number of hydrogen-bond acceptors (Lipinski definition) is 6. The highest BCUT2D eigenvalue weighted by atomic mass is 16.6. The van der Waals surface area contributed by atoms with E-state index in [2.05, 4.69) is 5.32 Å². The Morgan fingerprint density at radius 2 is 1.82 bits per heavy atom. The molecule has 0 radical (unpaired) electrons. The number of aromatic nitrogens is 1. The van der Waals surface area contributed by atoms with Gasteiger partial charge >= 0.3 is 11.8 Å². The maximum absolute atomic E-state index is 12.4. The van der Waals surface area contributed by atoms with Crippen molar-refractivity contribution in [2.24, 2.45) is 0 Å². The lowest BCUT2D eigenvalue weighted by Crippen LogP contribution is -2.37. The smallest absolute Gasteiger partial charge is 0.412 e. The largest absolute Gasteiger partial charge is 0.490 e. The fourth-order valence-electron chi connectivity index (χ4n) is 2.33. The Labute approximate surface area is 162 Å². The van der Waals surface area contributed by atoms with Crippen LogP contribution in [0.2, 0.25) is 0 Å². The fourth-order valence-corrected chi connectivity index (χ4v) is 2.33.